The van der Waals surface area contributed by atoms with Crippen LogP contribution in [-0.4, -0.2) is 27.9 Å². The third kappa shape index (κ3) is 2.72. The number of carboxylic acid groups (broad SMARTS) is 2. The summed E-state index contributed by atoms with van der Waals surface area (Å²) in [6.07, 6.45) is 0. The fourth-order valence-electron chi connectivity index (χ4n) is 3.23. The number of aliphatic carboxylic acids is 2. The van der Waals surface area contributed by atoms with Crippen molar-refractivity contribution in [3.63, 3.8) is 0 Å². The molecule has 0 aliphatic carbocycles. The molecule has 0 saturated heterocycles. The summed E-state index contributed by atoms with van der Waals surface area (Å²) in [5, 5.41) is 24.3. The number of dihydropyridines is 1. The highest BCUT2D eigenvalue weighted by molar-refractivity contribution is 7.17. The van der Waals surface area contributed by atoms with Gasteiger partial charge >= 0.3 is 11.9 Å². The highest BCUT2D eigenvalue weighted by Crippen LogP contribution is 2.43. The van der Waals surface area contributed by atoms with Gasteiger partial charge in [0.15, 0.2) is 5.78 Å². The lowest BCUT2D eigenvalue weighted by Crippen LogP contribution is -2.34. The smallest absolute Gasteiger partial charge is 0.352 e. The number of rotatable bonds is 4. The number of thiophene rings is 1. The fraction of sp³-hybridized carbons (Fsp3) is 0.167. The van der Waals surface area contributed by atoms with Crippen molar-refractivity contribution in [2.45, 2.75) is 19.8 Å². The van der Waals surface area contributed by atoms with E-state index in [2.05, 4.69) is 5.32 Å². The number of ketones is 1. The summed E-state index contributed by atoms with van der Waals surface area (Å²) in [5.41, 5.74) is 0.520. The number of carbonyl (C=O) groups is 3. The van der Waals surface area contributed by atoms with Gasteiger partial charge in [0.2, 0.25) is 0 Å². The third-order valence-corrected chi connectivity index (χ3v) is 5.19. The second-order valence-corrected chi connectivity index (χ2v) is 6.65. The quantitative estimate of drug-likeness (QED) is 0.777. The number of carbonyl (C=O) groups excluding carboxylic acids is 1. The molecule has 1 aromatic heterocycles. The second kappa shape index (κ2) is 6.18. The summed E-state index contributed by atoms with van der Waals surface area (Å²) in [4.78, 5) is 35.7. The van der Waals surface area contributed by atoms with E-state index in [1.165, 1.54) is 18.3 Å². The van der Waals surface area contributed by atoms with Crippen LogP contribution in [0.3, 0.4) is 0 Å². The van der Waals surface area contributed by atoms with Gasteiger partial charge in [0.25, 0.3) is 0 Å². The molecular formula is C18H15NO5S. The van der Waals surface area contributed by atoms with Crippen LogP contribution in [0.25, 0.3) is 10.1 Å². The van der Waals surface area contributed by atoms with E-state index in [1.54, 1.807) is 12.3 Å². The summed E-state index contributed by atoms with van der Waals surface area (Å²) in [7, 11) is 0. The molecular weight excluding hydrogens is 342 g/mol. The van der Waals surface area contributed by atoms with Gasteiger partial charge < -0.3 is 15.5 Å². The van der Waals surface area contributed by atoms with Crippen LogP contribution in [0.1, 0.15) is 25.3 Å². The zero-order chi connectivity index (χ0) is 18.3. The summed E-state index contributed by atoms with van der Waals surface area (Å²) >= 11 is 1.43. The maximum absolute atomic E-state index is 12.2. The Morgan fingerprint density at radius 1 is 1.08 bits per heavy atom. The Hall–Kier alpha value is -2.93. The molecule has 1 aromatic carbocycles. The Morgan fingerprint density at radius 2 is 1.76 bits per heavy atom. The van der Waals surface area contributed by atoms with Gasteiger partial charge in [-0.15, -0.1) is 11.3 Å². The molecule has 1 aliphatic rings. The molecule has 6 nitrogen and oxygen atoms in total. The van der Waals surface area contributed by atoms with Crippen molar-refractivity contribution in [1.82, 2.24) is 5.32 Å². The molecule has 7 heteroatoms. The van der Waals surface area contributed by atoms with Gasteiger partial charge in [-0.25, -0.2) is 9.59 Å². The molecule has 1 aliphatic heterocycles. The molecule has 0 fully saturated rings. The SMILES string of the molecule is CC(=O)C1=C(C)NC(C(=O)O)=C(C(=O)O)C1c1csc2ccccc12. The molecule has 128 valence electrons. The summed E-state index contributed by atoms with van der Waals surface area (Å²) in [5.74, 6) is -3.97. The van der Waals surface area contributed by atoms with Crippen molar-refractivity contribution in [2.24, 2.45) is 0 Å². The topological polar surface area (TPSA) is 104 Å². The van der Waals surface area contributed by atoms with Gasteiger partial charge in [0, 0.05) is 16.0 Å². The number of carboxylic acids is 2. The van der Waals surface area contributed by atoms with E-state index < -0.39 is 23.6 Å². The van der Waals surface area contributed by atoms with E-state index in [1.807, 2.05) is 24.3 Å². The largest absolute Gasteiger partial charge is 0.478 e. The molecule has 3 rings (SSSR count). The molecule has 1 atom stereocenters. The van der Waals surface area contributed by atoms with Crippen molar-refractivity contribution in [3.05, 3.63) is 57.7 Å². The maximum atomic E-state index is 12.2. The first-order chi connectivity index (χ1) is 11.8. The average molecular weight is 357 g/mol. The average Bonchev–Trinajstić information content (AvgIpc) is 2.96. The van der Waals surface area contributed by atoms with Crippen LogP contribution in [-0.2, 0) is 14.4 Å². The first-order valence-corrected chi connectivity index (χ1v) is 8.36. The number of Topliss-reactive ketones (excluding diaryl/α,β-unsaturated/α-hetero) is 1. The standard InChI is InChI=1S/C18H15NO5S/c1-8-13(9(2)20)14(15(17(21)22)16(19-8)18(23)24)11-7-25-12-6-4-3-5-10(11)12/h3-7,14,19H,1-2H3,(H,21,22)(H,23,24). The molecule has 0 radical (unpaired) electrons. The van der Waals surface area contributed by atoms with E-state index in [9.17, 15) is 24.6 Å². The lowest BCUT2D eigenvalue weighted by atomic mass is 9.79. The normalized spacial score (nSPS) is 17.6. The van der Waals surface area contributed by atoms with E-state index in [0.717, 1.165) is 10.1 Å². The zero-order valence-electron chi connectivity index (χ0n) is 13.5. The van der Waals surface area contributed by atoms with Gasteiger partial charge in [-0.3, -0.25) is 4.79 Å². The molecule has 2 aromatic rings. The van der Waals surface area contributed by atoms with E-state index in [0.29, 0.717) is 11.3 Å². The molecule has 1 unspecified atom stereocenters. The number of fused-ring (bicyclic) bond motifs is 1. The van der Waals surface area contributed by atoms with Crippen LogP contribution >= 0.6 is 11.3 Å². The lowest BCUT2D eigenvalue weighted by molar-refractivity contribution is -0.136. The monoisotopic (exact) mass is 357 g/mol. The van der Waals surface area contributed by atoms with E-state index in [4.69, 9.17) is 0 Å². The highest BCUT2D eigenvalue weighted by Gasteiger charge is 2.39. The van der Waals surface area contributed by atoms with Crippen LogP contribution in [0.15, 0.2) is 52.2 Å². The second-order valence-electron chi connectivity index (χ2n) is 5.74. The molecule has 2 heterocycles. The Morgan fingerprint density at radius 3 is 2.36 bits per heavy atom. The number of allylic oxidation sites excluding steroid dienone is 2. The first kappa shape index (κ1) is 16.9. The fourth-order valence-corrected chi connectivity index (χ4v) is 4.21. The van der Waals surface area contributed by atoms with Gasteiger partial charge in [0.05, 0.1) is 11.5 Å². The van der Waals surface area contributed by atoms with Crippen LogP contribution in [0, 0.1) is 0 Å². The van der Waals surface area contributed by atoms with Crippen molar-refractivity contribution >= 4 is 39.1 Å². The van der Waals surface area contributed by atoms with E-state index >= 15 is 0 Å². The van der Waals surface area contributed by atoms with Crippen molar-refractivity contribution in [3.8, 4) is 0 Å². The Kier molecular flexibility index (Phi) is 4.18. The zero-order valence-corrected chi connectivity index (χ0v) is 14.3. The number of nitrogens with one attached hydrogen (secondary N) is 1. The molecule has 25 heavy (non-hydrogen) atoms. The summed E-state index contributed by atoms with van der Waals surface area (Å²) in [6, 6.07) is 7.44. The molecule has 3 N–H and O–H groups in total. The minimum Gasteiger partial charge on any atom is -0.478 e. The Bertz CT molecular complexity index is 982. The van der Waals surface area contributed by atoms with Crippen molar-refractivity contribution in [1.29, 1.82) is 0 Å². The van der Waals surface area contributed by atoms with Gasteiger partial charge in [-0.2, -0.15) is 0 Å². The predicted octanol–water partition coefficient (Wildman–Crippen LogP) is 2.87. The van der Waals surface area contributed by atoms with E-state index in [-0.39, 0.29) is 16.9 Å². The first-order valence-electron chi connectivity index (χ1n) is 7.48. The lowest BCUT2D eigenvalue weighted by Gasteiger charge is -2.29. The summed E-state index contributed by atoms with van der Waals surface area (Å²) in [6.45, 7) is 2.94. The van der Waals surface area contributed by atoms with Gasteiger partial charge in [-0.1, -0.05) is 18.2 Å². The predicted molar refractivity (Wildman–Crippen MR) is 93.4 cm³/mol. The van der Waals surface area contributed by atoms with Crippen LogP contribution < -0.4 is 5.32 Å². The molecule has 0 saturated carbocycles. The number of hydrogen-bond donors (Lipinski definition) is 3. The van der Waals surface area contributed by atoms with Crippen LogP contribution in [0.2, 0.25) is 0 Å². The maximum Gasteiger partial charge on any atom is 0.352 e. The highest BCUT2D eigenvalue weighted by atomic mass is 32.1. The van der Waals surface area contributed by atoms with Crippen molar-refractivity contribution in [2.75, 3.05) is 0 Å². The Labute approximate surface area is 147 Å². The minimum absolute atomic E-state index is 0.269. The van der Waals surface area contributed by atoms with Crippen LogP contribution in [0.4, 0.5) is 0 Å². The van der Waals surface area contributed by atoms with Crippen LogP contribution in [0.5, 0.6) is 0 Å². The Balaban J connectivity index is 2.36. The number of benzene rings is 1. The third-order valence-electron chi connectivity index (χ3n) is 4.21. The minimum atomic E-state index is -1.37. The van der Waals surface area contributed by atoms with Crippen molar-refractivity contribution < 1.29 is 24.6 Å². The van der Waals surface area contributed by atoms with Gasteiger partial charge in [0.1, 0.15) is 5.70 Å². The number of hydrogen-bond acceptors (Lipinski definition) is 5. The van der Waals surface area contributed by atoms with Gasteiger partial charge in [-0.05, 0) is 36.2 Å². The molecule has 0 amide bonds. The molecule has 0 bridgehead atoms. The summed E-state index contributed by atoms with van der Waals surface area (Å²) < 4.78 is 0.943. The molecule has 0 spiro atoms.